The van der Waals surface area contributed by atoms with Gasteiger partial charge in [0.2, 0.25) is 0 Å². The Hall–Kier alpha value is -1.49. The molecule has 0 saturated heterocycles. The molecule has 1 unspecified atom stereocenters. The maximum atomic E-state index is 12.8. The summed E-state index contributed by atoms with van der Waals surface area (Å²) in [7, 11) is 0. The third-order valence-corrected chi connectivity index (χ3v) is 1.77. The number of benzene rings is 1. The molecule has 1 amide bonds. The number of nitrogens with one attached hydrogen (secondary N) is 1. The third kappa shape index (κ3) is 3.28. The molecule has 1 rings (SSSR count). The van der Waals surface area contributed by atoms with Crippen LogP contribution in [0.4, 0.5) is 8.78 Å². The van der Waals surface area contributed by atoms with Crippen molar-refractivity contribution in [1.82, 2.24) is 5.32 Å². The van der Waals surface area contributed by atoms with Crippen LogP contribution in [0.25, 0.3) is 0 Å². The molecule has 1 atom stereocenters. The van der Waals surface area contributed by atoms with Crippen LogP contribution in [-0.2, 0) is 0 Å². The second-order valence-electron chi connectivity index (χ2n) is 3.32. The standard InChI is InChI=1S/C10H12F2N2O/c1-6(13)5-14-10(15)7-2-3-8(11)9(12)4-7/h2-4,6H,5,13H2,1H3,(H,14,15). The van der Waals surface area contributed by atoms with Gasteiger partial charge in [0, 0.05) is 18.2 Å². The molecule has 0 aliphatic carbocycles. The minimum atomic E-state index is -1.04. The second-order valence-corrected chi connectivity index (χ2v) is 3.32. The van der Waals surface area contributed by atoms with Crippen LogP contribution in [0.15, 0.2) is 18.2 Å². The number of hydrogen-bond acceptors (Lipinski definition) is 2. The van der Waals surface area contributed by atoms with Gasteiger partial charge < -0.3 is 11.1 Å². The zero-order chi connectivity index (χ0) is 11.4. The molecule has 1 aromatic carbocycles. The van der Waals surface area contributed by atoms with Gasteiger partial charge in [-0.3, -0.25) is 4.79 Å². The Labute approximate surface area is 86.3 Å². The molecule has 1 aromatic rings. The first-order chi connectivity index (χ1) is 7.00. The van der Waals surface area contributed by atoms with Crippen molar-refractivity contribution in [1.29, 1.82) is 0 Å². The SMILES string of the molecule is CC(N)CNC(=O)c1ccc(F)c(F)c1. The summed E-state index contributed by atoms with van der Waals surface area (Å²) in [5, 5.41) is 2.49. The first-order valence-corrected chi connectivity index (χ1v) is 4.49. The molecule has 82 valence electrons. The molecule has 0 aromatic heterocycles. The highest BCUT2D eigenvalue weighted by Crippen LogP contribution is 2.08. The zero-order valence-corrected chi connectivity index (χ0v) is 8.26. The first-order valence-electron chi connectivity index (χ1n) is 4.49. The Bertz CT molecular complexity index is 366. The highest BCUT2D eigenvalue weighted by atomic mass is 19.2. The van der Waals surface area contributed by atoms with Gasteiger partial charge in [0.25, 0.3) is 5.91 Å². The van der Waals surface area contributed by atoms with E-state index in [0.717, 1.165) is 12.1 Å². The van der Waals surface area contributed by atoms with Crippen LogP contribution in [0.3, 0.4) is 0 Å². The van der Waals surface area contributed by atoms with Crippen LogP contribution in [0, 0.1) is 11.6 Å². The van der Waals surface area contributed by atoms with E-state index in [1.165, 1.54) is 6.07 Å². The van der Waals surface area contributed by atoms with Crippen LogP contribution in [0.2, 0.25) is 0 Å². The van der Waals surface area contributed by atoms with Gasteiger partial charge in [-0.2, -0.15) is 0 Å². The van der Waals surface area contributed by atoms with Gasteiger partial charge in [0.15, 0.2) is 11.6 Å². The minimum absolute atomic E-state index is 0.0783. The molecular weight excluding hydrogens is 202 g/mol. The molecular formula is C10H12F2N2O. The summed E-state index contributed by atoms with van der Waals surface area (Å²) < 4.78 is 25.3. The largest absolute Gasteiger partial charge is 0.350 e. The van der Waals surface area contributed by atoms with E-state index in [2.05, 4.69) is 5.32 Å². The van der Waals surface area contributed by atoms with Crippen LogP contribution < -0.4 is 11.1 Å². The van der Waals surface area contributed by atoms with Crippen molar-refractivity contribution < 1.29 is 13.6 Å². The minimum Gasteiger partial charge on any atom is -0.350 e. The monoisotopic (exact) mass is 214 g/mol. The summed E-state index contributed by atoms with van der Waals surface area (Å²) in [6, 6.07) is 2.80. The van der Waals surface area contributed by atoms with Gasteiger partial charge in [0.1, 0.15) is 0 Å². The average Bonchev–Trinajstić information content (AvgIpc) is 2.18. The van der Waals surface area contributed by atoms with E-state index >= 15 is 0 Å². The molecule has 15 heavy (non-hydrogen) atoms. The van der Waals surface area contributed by atoms with Crippen molar-refractivity contribution in [2.75, 3.05) is 6.54 Å². The molecule has 0 fully saturated rings. The number of carbonyl (C=O) groups excluding carboxylic acids is 1. The summed E-state index contributed by atoms with van der Waals surface area (Å²) in [5.41, 5.74) is 5.50. The zero-order valence-electron chi connectivity index (χ0n) is 8.26. The summed E-state index contributed by atoms with van der Waals surface area (Å²) in [5.74, 6) is -2.48. The predicted octanol–water partition coefficient (Wildman–Crippen LogP) is 1.04. The van der Waals surface area contributed by atoms with Crippen LogP contribution >= 0.6 is 0 Å². The Kier molecular flexibility index (Phi) is 3.74. The van der Waals surface area contributed by atoms with Crippen molar-refractivity contribution in [2.24, 2.45) is 5.73 Å². The lowest BCUT2D eigenvalue weighted by molar-refractivity contribution is 0.0951. The highest BCUT2D eigenvalue weighted by Gasteiger charge is 2.09. The summed E-state index contributed by atoms with van der Waals surface area (Å²) in [6.45, 7) is 2.02. The van der Waals surface area contributed by atoms with Crippen LogP contribution in [-0.4, -0.2) is 18.5 Å². The number of nitrogens with two attached hydrogens (primary N) is 1. The lowest BCUT2D eigenvalue weighted by Gasteiger charge is -2.07. The van der Waals surface area contributed by atoms with E-state index < -0.39 is 17.5 Å². The third-order valence-electron chi connectivity index (χ3n) is 1.77. The normalized spacial score (nSPS) is 12.3. The summed E-state index contributed by atoms with van der Waals surface area (Å²) >= 11 is 0. The van der Waals surface area contributed by atoms with Gasteiger partial charge in [0.05, 0.1) is 0 Å². The van der Waals surface area contributed by atoms with Crippen molar-refractivity contribution in [3.63, 3.8) is 0 Å². The van der Waals surface area contributed by atoms with Gasteiger partial charge >= 0.3 is 0 Å². The number of carbonyl (C=O) groups is 1. The lowest BCUT2D eigenvalue weighted by atomic mass is 10.2. The lowest BCUT2D eigenvalue weighted by Crippen LogP contribution is -2.35. The number of hydrogen-bond donors (Lipinski definition) is 2. The summed E-state index contributed by atoms with van der Waals surface area (Å²) in [6.07, 6.45) is 0. The quantitative estimate of drug-likeness (QED) is 0.790. The number of amides is 1. The molecule has 3 N–H and O–H groups in total. The van der Waals surface area contributed by atoms with E-state index in [0.29, 0.717) is 0 Å². The maximum absolute atomic E-state index is 12.8. The van der Waals surface area contributed by atoms with Gasteiger partial charge in [-0.1, -0.05) is 0 Å². The van der Waals surface area contributed by atoms with E-state index in [1.54, 1.807) is 6.92 Å². The van der Waals surface area contributed by atoms with Crippen LogP contribution in [0.5, 0.6) is 0 Å². The molecule has 0 aliphatic heterocycles. The molecule has 0 saturated carbocycles. The maximum Gasteiger partial charge on any atom is 0.251 e. The summed E-state index contributed by atoms with van der Waals surface area (Å²) in [4.78, 5) is 11.4. The first kappa shape index (κ1) is 11.6. The fourth-order valence-electron chi connectivity index (χ4n) is 0.993. The Morgan fingerprint density at radius 1 is 1.47 bits per heavy atom. The highest BCUT2D eigenvalue weighted by molar-refractivity contribution is 5.94. The van der Waals surface area contributed by atoms with E-state index in [1.807, 2.05) is 0 Å². The predicted molar refractivity (Wildman–Crippen MR) is 52.3 cm³/mol. The molecule has 0 heterocycles. The Balaban J connectivity index is 2.70. The molecule has 0 bridgehead atoms. The van der Waals surface area contributed by atoms with Gasteiger partial charge in [-0.15, -0.1) is 0 Å². The van der Waals surface area contributed by atoms with Crippen molar-refractivity contribution in [3.05, 3.63) is 35.4 Å². The van der Waals surface area contributed by atoms with Crippen molar-refractivity contribution in [2.45, 2.75) is 13.0 Å². The van der Waals surface area contributed by atoms with Gasteiger partial charge in [-0.05, 0) is 25.1 Å². The fraction of sp³-hybridized carbons (Fsp3) is 0.300. The van der Waals surface area contributed by atoms with Crippen molar-refractivity contribution in [3.8, 4) is 0 Å². The van der Waals surface area contributed by atoms with E-state index in [9.17, 15) is 13.6 Å². The molecule has 0 aliphatic rings. The number of rotatable bonds is 3. The van der Waals surface area contributed by atoms with E-state index in [-0.39, 0.29) is 18.2 Å². The fourth-order valence-corrected chi connectivity index (χ4v) is 0.993. The molecule has 0 spiro atoms. The Morgan fingerprint density at radius 2 is 2.13 bits per heavy atom. The molecule has 3 nitrogen and oxygen atoms in total. The number of halogens is 2. The average molecular weight is 214 g/mol. The molecule has 0 radical (unpaired) electrons. The van der Waals surface area contributed by atoms with Crippen LogP contribution in [0.1, 0.15) is 17.3 Å². The molecule has 5 heteroatoms. The smallest absolute Gasteiger partial charge is 0.251 e. The van der Waals surface area contributed by atoms with Crippen molar-refractivity contribution >= 4 is 5.91 Å². The Morgan fingerprint density at radius 3 is 2.67 bits per heavy atom. The second kappa shape index (κ2) is 4.84. The van der Waals surface area contributed by atoms with E-state index in [4.69, 9.17) is 5.73 Å². The van der Waals surface area contributed by atoms with Gasteiger partial charge in [-0.25, -0.2) is 8.78 Å². The topological polar surface area (TPSA) is 55.1 Å².